The predicted molar refractivity (Wildman–Crippen MR) is 66.2 cm³/mol. The first-order valence-corrected chi connectivity index (χ1v) is 5.45. The topological polar surface area (TPSA) is 108 Å². The zero-order valence-corrected chi connectivity index (χ0v) is 9.65. The second-order valence-corrected chi connectivity index (χ2v) is 3.80. The van der Waals surface area contributed by atoms with E-state index >= 15 is 0 Å². The molecule has 7 heteroatoms. The number of phenolic OH excluding ortho intramolecular Hbond substituents is 2. The summed E-state index contributed by atoms with van der Waals surface area (Å²) >= 11 is 0. The van der Waals surface area contributed by atoms with Crippen LogP contribution in [0, 0.1) is 0 Å². The van der Waals surface area contributed by atoms with Crippen molar-refractivity contribution in [1.82, 2.24) is 25.1 Å². The van der Waals surface area contributed by atoms with Crippen molar-refractivity contribution in [3.05, 3.63) is 36.8 Å². The number of phenols is 2. The maximum absolute atomic E-state index is 9.74. The van der Waals surface area contributed by atoms with Crippen LogP contribution in [-0.4, -0.2) is 35.4 Å². The molecule has 19 heavy (non-hydrogen) atoms. The summed E-state index contributed by atoms with van der Waals surface area (Å²) < 4.78 is 0. The van der Waals surface area contributed by atoms with E-state index in [1.54, 1.807) is 6.20 Å². The van der Waals surface area contributed by atoms with Crippen LogP contribution in [0.15, 0.2) is 36.8 Å². The Kier molecular flexibility index (Phi) is 2.57. The van der Waals surface area contributed by atoms with E-state index in [1.165, 1.54) is 30.6 Å². The number of hydrogen-bond donors (Lipinski definition) is 3. The normalized spacial score (nSPS) is 10.5. The highest BCUT2D eigenvalue weighted by molar-refractivity contribution is 5.67. The number of aromatic amines is 1. The Labute approximate surface area is 107 Å². The average molecular weight is 255 g/mol. The first-order valence-electron chi connectivity index (χ1n) is 5.45. The quantitative estimate of drug-likeness (QED) is 0.596. The molecule has 0 aliphatic heterocycles. The fourth-order valence-electron chi connectivity index (χ4n) is 1.63. The van der Waals surface area contributed by atoms with E-state index in [-0.39, 0.29) is 11.5 Å². The molecule has 0 aliphatic carbocycles. The third-order valence-corrected chi connectivity index (χ3v) is 2.51. The Morgan fingerprint density at radius 3 is 2.79 bits per heavy atom. The Bertz CT molecular complexity index is 711. The maximum atomic E-state index is 9.74. The molecule has 0 spiro atoms. The van der Waals surface area contributed by atoms with Gasteiger partial charge < -0.3 is 10.2 Å². The lowest BCUT2D eigenvalue weighted by molar-refractivity contribution is 0.461. The fraction of sp³-hybridized carbons (Fsp3) is 0. The lowest BCUT2D eigenvalue weighted by atomic mass is 10.2. The minimum Gasteiger partial charge on any atom is -0.508 e. The molecule has 0 radical (unpaired) electrons. The molecule has 7 nitrogen and oxygen atoms in total. The van der Waals surface area contributed by atoms with Gasteiger partial charge in [0.05, 0.1) is 11.8 Å². The van der Waals surface area contributed by atoms with Crippen molar-refractivity contribution in [1.29, 1.82) is 0 Å². The number of rotatable bonds is 2. The molecule has 0 bridgehead atoms. The largest absolute Gasteiger partial charge is 0.508 e. The van der Waals surface area contributed by atoms with Crippen molar-refractivity contribution in [3.63, 3.8) is 0 Å². The molecule has 0 saturated heterocycles. The molecule has 0 fully saturated rings. The van der Waals surface area contributed by atoms with E-state index in [0.29, 0.717) is 22.9 Å². The van der Waals surface area contributed by atoms with Gasteiger partial charge in [0, 0.05) is 12.4 Å². The summed E-state index contributed by atoms with van der Waals surface area (Å²) in [6, 6.07) is 4.17. The number of nitrogens with one attached hydrogen (secondary N) is 1. The Balaban J connectivity index is 2.04. The zero-order valence-electron chi connectivity index (χ0n) is 9.65. The number of nitrogens with zero attached hydrogens (tertiary/aromatic N) is 4. The molecular formula is C12H9N5O2. The van der Waals surface area contributed by atoms with Crippen molar-refractivity contribution < 1.29 is 10.2 Å². The summed E-state index contributed by atoms with van der Waals surface area (Å²) in [6.45, 7) is 0. The molecule has 0 aliphatic rings. The van der Waals surface area contributed by atoms with Crippen molar-refractivity contribution >= 4 is 0 Å². The van der Waals surface area contributed by atoms with Gasteiger partial charge in [0.15, 0.2) is 5.82 Å². The summed E-state index contributed by atoms with van der Waals surface area (Å²) in [5, 5.41) is 25.9. The van der Waals surface area contributed by atoms with Gasteiger partial charge in [0.2, 0.25) is 5.82 Å². The summed E-state index contributed by atoms with van der Waals surface area (Å²) in [5.41, 5.74) is 0.882. The molecule has 2 aromatic heterocycles. The van der Waals surface area contributed by atoms with E-state index in [2.05, 4.69) is 25.1 Å². The van der Waals surface area contributed by atoms with E-state index in [0.717, 1.165) is 0 Å². The predicted octanol–water partition coefficient (Wildman–Crippen LogP) is 1.34. The highest BCUT2D eigenvalue weighted by atomic mass is 16.3. The number of hydrogen-bond acceptors (Lipinski definition) is 6. The second-order valence-electron chi connectivity index (χ2n) is 3.80. The van der Waals surface area contributed by atoms with Crippen LogP contribution in [0.4, 0.5) is 0 Å². The maximum Gasteiger partial charge on any atom is 0.201 e. The lowest BCUT2D eigenvalue weighted by Crippen LogP contribution is -1.86. The SMILES string of the molecule is Oc1ccc(O)c(-c2nc(-c3cnccn3)n[nH]2)c1. The van der Waals surface area contributed by atoms with Crippen molar-refractivity contribution in [2.45, 2.75) is 0 Å². The van der Waals surface area contributed by atoms with E-state index in [9.17, 15) is 10.2 Å². The molecule has 0 amide bonds. The molecule has 3 rings (SSSR count). The minimum absolute atomic E-state index is 0.000328. The van der Waals surface area contributed by atoms with Crippen LogP contribution < -0.4 is 0 Å². The smallest absolute Gasteiger partial charge is 0.201 e. The molecule has 0 saturated carbocycles. The summed E-state index contributed by atoms with van der Waals surface area (Å²) in [5.74, 6) is 0.741. The standard InChI is InChI=1S/C12H9N5O2/c18-7-1-2-10(19)8(5-7)11-15-12(17-16-11)9-6-13-3-4-14-9/h1-6,18-19H,(H,15,16,17). The van der Waals surface area contributed by atoms with Gasteiger partial charge in [-0.1, -0.05) is 0 Å². The second kappa shape index (κ2) is 4.37. The Morgan fingerprint density at radius 2 is 2.00 bits per heavy atom. The number of H-pyrrole nitrogens is 1. The van der Waals surface area contributed by atoms with E-state index in [4.69, 9.17) is 0 Å². The molecule has 1 aromatic carbocycles. The zero-order chi connectivity index (χ0) is 13.2. The molecule has 3 N–H and O–H groups in total. The summed E-state index contributed by atoms with van der Waals surface area (Å²) in [4.78, 5) is 12.2. The lowest BCUT2D eigenvalue weighted by Gasteiger charge is -2.00. The number of aromatic nitrogens is 5. The average Bonchev–Trinajstić information content (AvgIpc) is 2.92. The monoisotopic (exact) mass is 255 g/mol. The van der Waals surface area contributed by atoms with Gasteiger partial charge in [-0.2, -0.15) is 5.10 Å². The first-order chi connectivity index (χ1) is 9.24. The molecule has 0 atom stereocenters. The first kappa shape index (κ1) is 11.1. The van der Waals surface area contributed by atoms with Crippen molar-refractivity contribution in [2.75, 3.05) is 0 Å². The van der Waals surface area contributed by atoms with E-state index in [1.807, 2.05) is 0 Å². The molecule has 2 heterocycles. The number of aromatic hydroxyl groups is 2. The third-order valence-electron chi connectivity index (χ3n) is 2.51. The highest BCUT2D eigenvalue weighted by Crippen LogP contribution is 2.30. The third kappa shape index (κ3) is 2.08. The minimum atomic E-state index is -0.000328. The van der Waals surface area contributed by atoms with Gasteiger partial charge in [-0.25, -0.2) is 9.97 Å². The van der Waals surface area contributed by atoms with Crippen molar-refractivity contribution in [2.24, 2.45) is 0 Å². The van der Waals surface area contributed by atoms with Crippen LogP contribution in [0.5, 0.6) is 11.5 Å². The van der Waals surface area contributed by atoms with Crippen molar-refractivity contribution in [3.8, 4) is 34.4 Å². The van der Waals surface area contributed by atoms with Gasteiger partial charge in [-0.15, -0.1) is 0 Å². The van der Waals surface area contributed by atoms with Crippen LogP contribution in [0.2, 0.25) is 0 Å². The van der Waals surface area contributed by atoms with Crippen LogP contribution in [0.3, 0.4) is 0 Å². The van der Waals surface area contributed by atoms with Gasteiger partial charge in [0.25, 0.3) is 0 Å². The molecular weight excluding hydrogens is 246 g/mol. The van der Waals surface area contributed by atoms with Gasteiger partial charge in [-0.05, 0) is 18.2 Å². The summed E-state index contributed by atoms with van der Waals surface area (Å²) in [7, 11) is 0. The van der Waals surface area contributed by atoms with E-state index < -0.39 is 0 Å². The van der Waals surface area contributed by atoms with Crippen LogP contribution in [0.1, 0.15) is 0 Å². The Morgan fingerprint density at radius 1 is 1.11 bits per heavy atom. The van der Waals surface area contributed by atoms with Crippen LogP contribution >= 0.6 is 0 Å². The molecule has 0 unspecified atom stereocenters. The Hall–Kier alpha value is -2.96. The van der Waals surface area contributed by atoms with Gasteiger partial charge in [-0.3, -0.25) is 10.1 Å². The van der Waals surface area contributed by atoms with Crippen LogP contribution in [0.25, 0.3) is 22.9 Å². The van der Waals surface area contributed by atoms with Crippen LogP contribution in [-0.2, 0) is 0 Å². The molecule has 3 aromatic rings. The summed E-state index contributed by atoms with van der Waals surface area (Å²) in [6.07, 6.45) is 4.63. The van der Waals surface area contributed by atoms with Gasteiger partial charge >= 0.3 is 0 Å². The molecule has 94 valence electrons. The number of benzene rings is 1. The fourth-order valence-corrected chi connectivity index (χ4v) is 1.63. The van der Waals surface area contributed by atoms with Gasteiger partial charge in [0.1, 0.15) is 17.2 Å². The highest BCUT2D eigenvalue weighted by Gasteiger charge is 2.12.